The highest BCUT2D eigenvalue weighted by atomic mass is 32.1. The van der Waals surface area contributed by atoms with Crippen LogP contribution in [0.4, 0.5) is 0 Å². The third-order valence-electron chi connectivity index (χ3n) is 1.66. The van der Waals surface area contributed by atoms with Gasteiger partial charge in [-0.15, -0.1) is 22.7 Å². The van der Waals surface area contributed by atoms with E-state index >= 15 is 0 Å². The number of hydrogen-bond donors (Lipinski definition) is 1. The van der Waals surface area contributed by atoms with Crippen LogP contribution >= 0.6 is 22.7 Å². The second kappa shape index (κ2) is 4.00. The lowest BCUT2D eigenvalue weighted by Gasteiger charge is -1.89. The van der Waals surface area contributed by atoms with E-state index in [1.807, 2.05) is 6.07 Å². The molecule has 0 bridgehead atoms. The van der Waals surface area contributed by atoms with Gasteiger partial charge in [0, 0.05) is 17.5 Å². The van der Waals surface area contributed by atoms with E-state index in [1.54, 1.807) is 28.9 Å². The summed E-state index contributed by atoms with van der Waals surface area (Å²) in [5.74, 6) is 0. The first kappa shape index (κ1) is 8.87. The summed E-state index contributed by atoms with van der Waals surface area (Å²) in [4.78, 5) is 6.48. The second-order valence-corrected chi connectivity index (χ2v) is 4.87. The zero-order valence-electron chi connectivity index (χ0n) is 6.93. The van der Waals surface area contributed by atoms with Gasteiger partial charge in [0.2, 0.25) is 0 Å². The van der Waals surface area contributed by atoms with E-state index in [1.165, 1.54) is 4.88 Å². The van der Waals surface area contributed by atoms with Gasteiger partial charge in [0.15, 0.2) is 0 Å². The highest BCUT2D eigenvalue weighted by Crippen LogP contribution is 2.19. The lowest BCUT2D eigenvalue weighted by molar-refractivity contribution is 0.285. The molecule has 0 unspecified atom stereocenters. The van der Waals surface area contributed by atoms with Crippen LogP contribution in [0.25, 0.3) is 0 Å². The Morgan fingerprint density at radius 3 is 2.92 bits per heavy atom. The molecule has 0 amide bonds. The Balaban J connectivity index is 2.10. The maximum atomic E-state index is 8.85. The molecule has 1 N–H and O–H groups in total. The first-order valence-corrected chi connectivity index (χ1v) is 5.65. The number of nitrogens with zero attached hydrogens (tertiary/aromatic N) is 1. The molecule has 0 aliphatic rings. The standard InChI is InChI=1S/C9H9NOS2/c11-6-8-5-10-9(13-8)4-7-2-1-3-12-7/h1-3,5,11H,4,6H2. The third kappa shape index (κ3) is 2.15. The number of aliphatic hydroxyl groups is 1. The van der Waals surface area contributed by atoms with Crippen LogP contribution in [0.5, 0.6) is 0 Å². The normalized spacial score (nSPS) is 10.5. The summed E-state index contributed by atoms with van der Waals surface area (Å²) in [5, 5.41) is 12.0. The topological polar surface area (TPSA) is 33.1 Å². The van der Waals surface area contributed by atoms with Crippen LogP contribution in [0.1, 0.15) is 14.8 Å². The SMILES string of the molecule is OCc1cnc(Cc2cccs2)s1. The van der Waals surface area contributed by atoms with Gasteiger partial charge in [-0.3, -0.25) is 0 Å². The van der Waals surface area contributed by atoms with Gasteiger partial charge in [-0.1, -0.05) is 6.07 Å². The molecule has 0 saturated heterocycles. The van der Waals surface area contributed by atoms with E-state index in [9.17, 15) is 0 Å². The fourth-order valence-corrected chi connectivity index (χ4v) is 2.67. The summed E-state index contributed by atoms with van der Waals surface area (Å²) >= 11 is 3.32. The van der Waals surface area contributed by atoms with E-state index in [2.05, 4.69) is 16.4 Å². The fraction of sp³-hybridized carbons (Fsp3) is 0.222. The fourth-order valence-electron chi connectivity index (χ4n) is 1.07. The Hall–Kier alpha value is -0.710. The third-order valence-corrected chi connectivity index (χ3v) is 3.52. The number of thiazole rings is 1. The number of aliphatic hydroxyl groups excluding tert-OH is 1. The van der Waals surface area contributed by atoms with Crippen molar-refractivity contribution < 1.29 is 5.11 Å². The number of rotatable bonds is 3. The minimum absolute atomic E-state index is 0.0993. The maximum Gasteiger partial charge on any atom is 0.0980 e. The van der Waals surface area contributed by atoms with Crippen molar-refractivity contribution in [2.24, 2.45) is 0 Å². The number of thiophene rings is 1. The van der Waals surface area contributed by atoms with Gasteiger partial charge in [0.05, 0.1) is 16.5 Å². The van der Waals surface area contributed by atoms with Gasteiger partial charge in [0.25, 0.3) is 0 Å². The number of aromatic nitrogens is 1. The molecule has 0 atom stereocenters. The summed E-state index contributed by atoms with van der Waals surface area (Å²) in [5.41, 5.74) is 0. The molecule has 0 radical (unpaired) electrons. The molecule has 4 heteroatoms. The molecular weight excluding hydrogens is 202 g/mol. The number of hydrogen-bond acceptors (Lipinski definition) is 4. The average Bonchev–Trinajstić information content (AvgIpc) is 2.76. The van der Waals surface area contributed by atoms with Crippen LogP contribution in [0.15, 0.2) is 23.7 Å². The van der Waals surface area contributed by atoms with E-state index < -0.39 is 0 Å². The summed E-state index contributed by atoms with van der Waals surface area (Å²) < 4.78 is 0. The average molecular weight is 211 g/mol. The zero-order valence-corrected chi connectivity index (χ0v) is 8.57. The Morgan fingerprint density at radius 2 is 2.31 bits per heavy atom. The van der Waals surface area contributed by atoms with Crippen LogP contribution in [0.2, 0.25) is 0 Å². The van der Waals surface area contributed by atoms with Crippen molar-refractivity contribution >= 4 is 22.7 Å². The molecule has 2 rings (SSSR count). The molecule has 2 aromatic heterocycles. The van der Waals surface area contributed by atoms with Crippen molar-refractivity contribution in [3.05, 3.63) is 38.5 Å². The van der Waals surface area contributed by atoms with Crippen LogP contribution in [-0.4, -0.2) is 10.1 Å². The van der Waals surface area contributed by atoms with E-state index in [-0.39, 0.29) is 6.61 Å². The predicted molar refractivity (Wildman–Crippen MR) is 55.2 cm³/mol. The van der Waals surface area contributed by atoms with Crippen molar-refractivity contribution in [3.63, 3.8) is 0 Å². The van der Waals surface area contributed by atoms with Crippen molar-refractivity contribution in [2.75, 3.05) is 0 Å². The molecule has 0 spiro atoms. The van der Waals surface area contributed by atoms with Crippen molar-refractivity contribution in [1.82, 2.24) is 4.98 Å². The van der Waals surface area contributed by atoms with Crippen molar-refractivity contribution in [2.45, 2.75) is 13.0 Å². The van der Waals surface area contributed by atoms with E-state index in [0.29, 0.717) is 0 Å². The Morgan fingerprint density at radius 1 is 1.38 bits per heavy atom. The zero-order chi connectivity index (χ0) is 9.10. The molecule has 0 aliphatic carbocycles. The molecule has 13 heavy (non-hydrogen) atoms. The molecule has 2 heterocycles. The quantitative estimate of drug-likeness (QED) is 0.845. The van der Waals surface area contributed by atoms with Gasteiger partial charge in [-0.2, -0.15) is 0 Å². The Labute approximate surface area is 84.5 Å². The minimum Gasteiger partial charge on any atom is -0.391 e. The first-order valence-electron chi connectivity index (χ1n) is 3.95. The van der Waals surface area contributed by atoms with Gasteiger partial charge in [-0.25, -0.2) is 4.98 Å². The monoisotopic (exact) mass is 211 g/mol. The van der Waals surface area contributed by atoms with Gasteiger partial charge < -0.3 is 5.11 Å². The van der Waals surface area contributed by atoms with Crippen LogP contribution in [-0.2, 0) is 13.0 Å². The summed E-state index contributed by atoms with van der Waals surface area (Å²) in [6.45, 7) is 0.0993. The summed E-state index contributed by atoms with van der Waals surface area (Å²) in [7, 11) is 0. The van der Waals surface area contributed by atoms with Crippen LogP contribution in [0.3, 0.4) is 0 Å². The molecule has 0 aliphatic heterocycles. The molecule has 0 fully saturated rings. The lowest BCUT2D eigenvalue weighted by Crippen LogP contribution is -1.80. The van der Waals surface area contributed by atoms with Gasteiger partial charge in [-0.05, 0) is 11.4 Å². The second-order valence-electron chi connectivity index (χ2n) is 2.63. The van der Waals surface area contributed by atoms with Crippen LogP contribution in [0, 0.1) is 0 Å². The highest BCUT2D eigenvalue weighted by molar-refractivity contribution is 7.12. The highest BCUT2D eigenvalue weighted by Gasteiger charge is 2.02. The van der Waals surface area contributed by atoms with Gasteiger partial charge >= 0.3 is 0 Å². The molecular formula is C9H9NOS2. The van der Waals surface area contributed by atoms with Crippen molar-refractivity contribution in [3.8, 4) is 0 Å². The van der Waals surface area contributed by atoms with E-state index in [0.717, 1.165) is 16.3 Å². The predicted octanol–water partition coefficient (Wildman–Crippen LogP) is 2.29. The molecule has 68 valence electrons. The van der Waals surface area contributed by atoms with E-state index in [4.69, 9.17) is 5.11 Å². The molecule has 2 nitrogen and oxygen atoms in total. The Kier molecular flexibility index (Phi) is 2.73. The maximum absolute atomic E-state index is 8.85. The lowest BCUT2D eigenvalue weighted by atomic mass is 10.4. The molecule has 0 aromatic carbocycles. The smallest absolute Gasteiger partial charge is 0.0980 e. The van der Waals surface area contributed by atoms with Crippen molar-refractivity contribution in [1.29, 1.82) is 0 Å². The molecule has 0 saturated carbocycles. The van der Waals surface area contributed by atoms with Gasteiger partial charge in [0.1, 0.15) is 0 Å². The largest absolute Gasteiger partial charge is 0.391 e. The van der Waals surface area contributed by atoms with Crippen LogP contribution < -0.4 is 0 Å². The summed E-state index contributed by atoms with van der Waals surface area (Å²) in [6.07, 6.45) is 2.63. The Bertz CT molecular complexity index is 367. The first-order chi connectivity index (χ1) is 6.38. The minimum atomic E-state index is 0.0993. The summed E-state index contributed by atoms with van der Waals surface area (Å²) in [6, 6.07) is 4.14. The molecule has 2 aromatic rings.